The van der Waals surface area contributed by atoms with Crippen LogP contribution in [0.15, 0.2) is 36.6 Å². The van der Waals surface area contributed by atoms with Crippen molar-refractivity contribution in [3.8, 4) is 0 Å². The Labute approximate surface area is 97.2 Å². The van der Waals surface area contributed by atoms with Gasteiger partial charge in [-0.15, -0.1) is 0 Å². The highest BCUT2D eigenvalue weighted by molar-refractivity contribution is 5.97. The van der Waals surface area contributed by atoms with Crippen molar-refractivity contribution >= 4 is 29.1 Å². The minimum Gasteiger partial charge on any atom is -0.366 e. The molecular weight excluding hydrogens is 216 g/mol. The van der Waals surface area contributed by atoms with Crippen molar-refractivity contribution in [2.24, 2.45) is 5.73 Å². The third kappa shape index (κ3) is 1.48. The molecule has 2 aromatic rings. The zero-order chi connectivity index (χ0) is 11.8. The van der Waals surface area contributed by atoms with E-state index in [4.69, 9.17) is 5.73 Å². The molecule has 0 unspecified atom stereocenters. The van der Waals surface area contributed by atoms with Gasteiger partial charge in [-0.3, -0.25) is 9.36 Å². The molecule has 5 nitrogen and oxygen atoms in total. The van der Waals surface area contributed by atoms with E-state index in [0.29, 0.717) is 11.5 Å². The Bertz CT molecular complexity index is 666. The number of hydrogen-bond donors (Lipinski definition) is 2. The van der Waals surface area contributed by atoms with E-state index >= 15 is 0 Å². The average Bonchev–Trinajstić information content (AvgIpc) is 2.51. The maximum Gasteiger partial charge on any atom is 0.248 e. The molecule has 0 radical (unpaired) electrons. The Kier molecular flexibility index (Phi) is 1.98. The van der Waals surface area contributed by atoms with Gasteiger partial charge in [-0.2, -0.15) is 0 Å². The van der Waals surface area contributed by atoms with E-state index in [0.717, 1.165) is 11.0 Å². The van der Waals surface area contributed by atoms with Gasteiger partial charge in [-0.25, -0.2) is 4.98 Å². The van der Waals surface area contributed by atoms with Crippen molar-refractivity contribution in [1.82, 2.24) is 9.55 Å². The monoisotopic (exact) mass is 226 g/mol. The Hall–Kier alpha value is -2.56. The zero-order valence-corrected chi connectivity index (χ0v) is 8.92. The van der Waals surface area contributed by atoms with Crippen LogP contribution in [0, 0.1) is 0 Å². The number of carbonyl (C=O) groups is 1. The van der Waals surface area contributed by atoms with Gasteiger partial charge in [0.15, 0.2) is 0 Å². The van der Waals surface area contributed by atoms with Gasteiger partial charge >= 0.3 is 0 Å². The van der Waals surface area contributed by atoms with Crippen LogP contribution in [-0.2, 0) is 0 Å². The lowest BCUT2D eigenvalue weighted by atomic mass is 10.2. The minimum atomic E-state index is -0.439. The van der Waals surface area contributed by atoms with Crippen LogP contribution in [0.25, 0.3) is 17.2 Å². The average molecular weight is 226 g/mol. The van der Waals surface area contributed by atoms with Crippen molar-refractivity contribution in [3.63, 3.8) is 0 Å². The van der Waals surface area contributed by atoms with Crippen LogP contribution in [0.5, 0.6) is 0 Å². The second-order valence-corrected chi connectivity index (χ2v) is 3.72. The third-order valence-corrected chi connectivity index (χ3v) is 2.63. The maximum absolute atomic E-state index is 11.1. The Morgan fingerprint density at radius 1 is 1.35 bits per heavy atom. The lowest BCUT2D eigenvalue weighted by molar-refractivity contribution is 0.100. The number of rotatable bonds is 1. The number of fused-ring (bicyclic) bond motifs is 3. The summed E-state index contributed by atoms with van der Waals surface area (Å²) in [6, 6.07) is 5.21. The van der Waals surface area contributed by atoms with Crippen molar-refractivity contribution in [3.05, 3.63) is 42.1 Å². The third-order valence-electron chi connectivity index (χ3n) is 2.63. The zero-order valence-electron chi connectivity index (χ0n) is 8.92. The fraction of sp³-hybridized carbons (Fsp3) is 0. The van der Waals surface area contributed by atoms with E-state index < -0.39 is 5.91 Å². The molecule has 0 saturated carbocycles. The number of carbonyl (C=O) groups excluding carboxylic acids is 1. The van der Waals surface area contributed by atoms with E-state index in [2.05, 4.69) is 10.3 Å². The molecule has 0 fully saturated rings. The Morgan fingerprint density at radius 2 is 2.24 bits per heavy atom. The first kappa shape index (κ1) is 9.65. The van der Waals surface area contributed by atoms with Crippen molar-refractivity contribution in [2.75, 3.05) is 5.32 Å². The number of hydrogen-bond acceptors (Lipinski definition) is 3. The first-order valence-electron chi connectivity index (χ1n) is 5.17. The Balaban J connectivity index is 2.28. The lowest BCUT2D eigenvalue weighted by Gasteiger charge is -2.01. The standard InChI is InChI=1S/C12H10N4O/c13-11(17)8-3-4-9-10(7-8)16-6-2-1-5-14-12(16)15-9/h1-7H,(H2,13,17)(H,14,15). The summed E-state index contributed by atoms with van der Waals surface area (Å²) >= 11 is 0. The number of nitrogens with zero attached hydrogens (tertiary/aromatic N) is 2. The number of primary amides is 1. The molecule has 3 N–H and O–H groups in total. The second kappa shape index (κ2) is 3.48. The molecule has 0 saturated heterocycles. The molecule has 0 atom stereocenters. The molecule has 5 heteroatoms. The van der Waals surface area contributed by atoms with E-state index in [9.17, 15) is 4.79 Å². The summed E-state index contributed by atoms with van der Waals surface area (Å²) in [4.78, 5) is 15.6. The van der Waals surface area contributed by atoms with Gasteiger partial charge in [0.2, 0.25) is 11.9 Å². The SMILES string of the molecule is NC(=O)c1ccc2nc3n(c2c1)C=CC=CN3. The summed E-state index contributed by atoms with van der Waals surface area (Å²) in [5, 5.41) is 3.06. The molecule has 1 aliphatic rings. The maximum atomic E-state index is 11.1. The van der Waals surface area contributed by atoms with Gasteiger partial charge < -0.3 is 11.1 Å². The summed E-state index contributed by atoms with van der Waals surface area (Å²) < 4.78 is 1.88. The van der Waals surface area contributed by atoms with Gasteiger partial charge in [0, 0.05) is 18.0 Å². The van der Waals surface area contributed by atoms with Gasteiger partial charge in [-0.05, 0) is 30.4 Å². The van der Waals surface area contributed by atoms with Gasteiger partial charge in [0.25, 0.3) is 0 Å². The normalized spacial score (nSPS) is 13.2. The first-order chi connectivity index (χ1) is 8.25. The summed E-state index contributed by atoms with van der Waals surface area (Å²) in [7, 11) is 0. The topological polar surface area (TPSA) is 72.9 Å². The quantitative estimate of drug-likeness (QED) is 0.774. The summed E-state index contributed by atoms with van der Waals surface area (Å²) in [6.07, 6.45) is 7.45. The van der Waals surface area contributed by atoms with Crippen molar-refractivity contribution < 1.29 is 4.79 Å². The molecule has 1 amide bonds. The van der Waals surface area contributed by atoms with E-state index in [1.165, 1.54) is 0 Å². The number of amides is 1. The Morgan fingerprint density at radius 3 is 3.06 bits per heavy atom. The molecule has 0 spiro atoms. The fourth-order valence-electron chi connectivity index (χ4n) is 1.81. The molecule has 0 aliphatic carbocycles. The number of imidazole rings is 1. The van der Waals surface area contributed by atoms with Crippen LogP contribution in [0.2, 0.25) is 0 Å². The molecule has 3 rings (SSSR count). The van der Waals surface area contributed by atoms with E-state index in [1.54, 1.807) is 24.4 Å². The van der Waals surface area contributed by atoms with Crippen LogP contribution >= 0.6 is 0 Å². The van der Waals surface area contributed by atoms with Gasteiger partial charge in [0.1, 0.15) is 0 Å². The number of aromatic nitrogens is 2. The van der Waals surface area contributed by atoms with Crippen molar-refractivity contribution in [1.29, 1.82) is 0 Å². The highest BCUT2D eigenvalue weighted by Gasteiger charge is 2.11. The molecule has 0 bridgehead atoms. The second-order valence-electron chi connectivity index (χ2n) is 3.72. The smallest absolute Gasteiger partial charge is 0.248 e. The summed E-state index contributed by atoms with van der Waals surface area (Å²) in [5.41, 5.74) is 7.41. The van der Waals surface area contributed by atoms with E-state index in [1.807, 2.05) is 22.9 Å². The predicted molar refractivity (Wildman–Crippen MR) is 66.3 cm³/mol. The van der Waals surface area contributed by atoms with E-state index in [-0.39, 0.29) is 0 Å². The summed E-state index contributed by atoms with van der Waals surface area (Å²) in [5.74, 6) is 0.276. The number of nitrogens with one attached hydrogen (secondary N) is 1. The van der Waals surface area contributed by atoms with Gasteiger partial charge in [-0.1, -0.05) is 0 Å². The van der Waals surface area contributed by atoms with Crippen molar-refractivity contribution in [2.45, 2.75) is 0 Å². The molecular formula is C12H10N4O. The number of nitrogens with two attached hydrogens (primary N) is 1. The predicted octanol–water partition coefficient (Wildman–Crippen LogP) is 1.55. The number of allylic oxidation sites excluding steroid dienone is 2. The molecule has 17 heavy (non-hydrogen) atoms. The fourth-order valence-corrected chi connectivity index (χ4v) is 1.81. The van der Waals surface area contributed by atoms with Crippen LogP contribution < -0.4 is 11.1 Å². The van der Waals surface area contributed by atoms with Crippen LogP contribution in [0.1, 0.15) is 10.4 Å². The highest BCUT2D eigenvalue weighted by Crippen LogP contribution is 2.22. The molecule has 1 aromatic carbocycles. The molecule has 84 valence electrons. The number of anilines is 1. The first-order valence-corrected chi connectivity index (χ1v) is 5.17. The van der Waals surface area contributed by atoms with Gasteiger partial charge in [0.05, 0.1) is 11.0 Å². The highest BCUT2D eigenvalue weighted by atomic mass is 16.1. The molecule has 1 aliphatic heterocycles. The molecule has 1 aromatic heterocycles. The molecule has 2 heterocycles. The summed E-state index contributed by atoms with van der Waals surface area (Å²) in [6.45, 7) is 0. The largest absolute Gasteiger partial charge is 0.366 e. The lowest BCUT2D eigenvalue weighted by Crippen LogP contribution is -2.10. The van der Waals surface area contributed by atoms with Crippen LogP contribution in [-0.4, -0.2) is 15.5 Å². The van der Waals surface area contributed by atoms with Crippen LogP contribution in [0.4, 0.5) is 5.95 Å². The minimum absolute atomic E-state index is 0.439. The van der Waals surface area contributed by atoms with Crippen LogP contribution in [0.3, 0.4) is 0 Å². The number of benzene rings is 1.